The first-order valence-corrected chi connectivity index (χ1v) is 13.8. The van der Waals surface area contributed by atoms with Crippen molar-refractivity contribution in [3.05, 3.63) is 124 Å². The maximum Gasteiger partial charge on any atom is 0.123 e. The van der Waals surface area contributed by atoms with Gasteiger partial charge in [0.15, 0.2) is 0 Å². The van der Waals surface area contributed by atoms with Gasteiger partial charge in [0.05, 0.1) is 5.69 Å². The molecule has 5 aromatic rings. The summed E-state index contributed by atoms with van der Waals surface area (Å²) in [5, 5.41) is 11.3. The monoisotopic (exact) mass is 507 g/mol. The molecule has 0 saturated heterocycles. The van der Waals surface area contributed by atoms with Crippen LogP contribution < -0.4 is 0 Å². The summed E-state index contributed by atoms with van der Waals surface area (Å²) in [4.78, 5) is 7.42. The molecular weight excluding hydrogens is 478 g/mol. The highest BCUT2D eigenvalue weighted by atomic mass is 32.2. The molecule has 1 unspecified atom stereocenters. The van der Waals surface area contributed by atoms with Gasteiger partial charge in [-0.05, 0) is 67.6 Å². The molecule has 1 heterocycles. The number of hydrogen-bond donors (Lipinski definition) is 1. The number of thiazole rings is 1. The zero-order chi connectivity index (χ0) is 25.1. The number of hydrogen-bond acceptors (Lipinski definition) is 4. The van der Waals surface area contributed by atoms with E-state index in [-0.39, 0.29) is 5.25 Å². The molecule has 1 N–H and O–H groups in total. The van der Waals surface area contributed by atoms with Gasteiger partial charge in [0.25, 0.3) is 0 Å². The van der Waals surface area contributed by atoms with Gasteiger partial charge in [-0.15, -0.1) is 23.1 Å². The largest absolute Gasteiger partial charge is 0.508 e. The Kier molecular flexibility index (Phi) is 7.26. The van der Waals surface area contributed by atoms with Crippen LogP contribution >= 0.6 is 23.1 Å². The normalized spacial score (nSPS) is 12.0. The van der Waals surface area contributed by atoms with Gasteiger partial charge in [-0.3, -0.25) is 0 Å². The van der Waals surface area contributed by atoms with Gasteiger partial charge in [-0.25, -0.2) is 4.98 Å². The predicted molar refractivity (Wildman–Crippen MR) is 154 cm³/mol. The first-order valence-electron chi connectivity index (χ1n) is 12.1. The number of rotatable bonds is 7. The van der Waals surface area contributed by atoms with Crippen LogP contribution in [0.3, 0.4) is 0 Å². The van der Waals surface area contributed by atoms with Crippen molar-refractivity contribution < 1.29 is 5.11 Å². The molecule has 0 radical (unpaired) electrons. The smallest absolute Gasteiger partial charge is 0.123 e. The van der Waals surface area contributed by atoms with Crippen LogP contribution in [0.4, 0.5) is 0 Å². The maximum atomic E-state index is 10.0. The van der Waals surface area contributed by atoms with Gasteiger partial charge in [-0.2, -0.15) is 0 Å². The molecule has 0 bridgehead atoms. The lowest BCUT2D eigenvalue weighted by molar-refractivity contribution is 0.470. The fourth-order valence-electron chi connectivity index (χ4n) is 4.26. The third-order valence-electron chi connectivity index (χ3n) is 6.35. The fourth-order valence-corrected chi connectivity index (χ4v) is 6.87. The molecular formula is C32H29NOS2. The highest BCUT2D eigenvalue weighted by Gasteiger charge is 2.21. The number of thioether (sulfide) groups is 1. The van der Waals surface area contributed by atoms with E-state index in [2.05, 4.69) is 92.7 Å². The second-order valence-electron chi connectivity index (χ2n) is 9.16. The Morgan fingerprint density at radius 1 is 0.778 bits per heavy atom. The third kappa shape index (κ3) is 5.56. The Morgan fingerprint density at radius 2 is 1.44 bits per heavy atom. The van der Waals surface area contributed by atoms with Crippen molar-refractivity contribution in [2.75, 3.05) is 0 Å². The minimum Gasteiger partial charge on any atom is -0.508 e. The van der Waals surface area contributed by atoms with E-state index in [1.807, 2.05) is 30.8 Å². The number of benzene rings is 4. The lowest BCUT2D eigenvalue weighted by Crippen LogP contribution is -1.99. The van der Waals surface area contributed by atoms with Crippen LogP contribution in [0.5, 0.6) is 5.75 Å². The summed E-state index contributed by atoms with van der Waals surface area (Å²) < 4.78 is 0. The minimum atomic E-state index is 0.216. The van der Waals surface area contributed by atoms with E-state index >= 15 is 0 Å². The van der Waals surface area contributed by atoms with Crippen molar-refractivity contribution in [2.24, 2.45) is 0 Å². The summed E-state index contributed by atoms with van der Waals surface area (Å²) in [6.07, 6.45) is 0.899. The predicted octanol–water partition coefficient (Wildman–Crippen LogP) is 9.18. The zero-order valence-electron chi connectivity index (χ0n) is 20.7. The van der Waals surface area contributed by atoms with Crippen molar-refractivity contribution in [2.45, 2.75) is 37.3 Å². The average molecular weight is 508 g/mol. The molecule has 0 fully saturated rings. The van der Waals surface area contributed by atoms with Crippen molar-refractivity contribution in [1.82, 2.24) is 4.98 Å². The summed E-state index contributed by atoms with van der Waals surface area (Å²) in [6, 6.07) is 33.9. The molecule has 0 aliphatic heterocycles. The van der Waals surface area contributed by atoms with Gasteiger partial charge in [0.1, 0.15) is 10.8 Å². The van der Waals surface area contributed by atoms with E-state index < -0.39 is 0 Å². The summed E-state index contributed by atoms with van der Waals surface area (Å²) in [5.74, 6) is 0.336. The Labute approximate surface area is 221 Å². The average Bonchev–Trinajstić information content (AvgIpc) is 3.28. The van der Waals surface area contributed by atoms with E-state index in [9.17, 15) is 5.11 Å². The number of phenolic OH excluding ortho intramolecular Hbond substituents is 1. The molecule has 1 atom stereocenters. The van der Waals surface area contributed by atoms with Gasteiger partial charge in [-0.1, -0.05) is 84.4 Å². The molecule has 180 valence electrons. The molecule has 1 aromatic heterocycles. The number of aromatic hydroxyl groups is 1. The highest BCUT2D eigenvalue weighted by molar-refractivity contribution is 7.99. The Hall–Kier alpha value is -3.34. The molecule has 5 rings (SSSR count). The first-order chi connectivity index (χ1) is 17.5. The second kappa shape index (κ2) is 10.7. The summed E-state index contributed by atoms with van der Waals surface area (Å²) in [6.45, 7) is 6.18. The maximum absolute atomic E-state index is 10.0. The van der Waals surface area contributed by atoms with E-state index in [0.717, 1.165) is 33.1 Å². The third-order valence-corrected chi connectivity index (χ3v) is 9.03. The molecule has 0 aliphatic carbocycles. The van der Waals surface area contributed by atoms with Gasteiger partial charge in [0, 0.05) is 20.6 Å². The van der Waals surface area contributed by atoms with Crippen molar-refractivity contribution in [1.29, 1.82) is 0 Å². The van der Waals surface area contributed by atoms with Crippen LogP contribution in [-0.4, -0.2) is 10.1 Å². The van der Waals surface area contributed by atoms with Crippen LogP contribution in [0.1, 0.15) is 32.5 Å². The Balaban J connectivity index is 1.47. The van der Waals surface area contributed by atoms with Crippen LogP contribution in [0.15, 0.2) is 102 Å². The van der Waals surface area contributed by atoms with Crippen LogP contribution in [0.2, 0.25) is 0 Å². The SMILES string of the molecule is Cc1ccc(-c2nc(C)c(C(Cc3ccc(-c4ccccc4)cc3)Sc3ccc(O)c(C)c3)s2)cc1. The molecule has 4 heteroatoms. The molecule has 2 nitrogen and oxygen atoms in total. The van der Waals surface area contributed by atoms with E-state index in [4.69, 9.17) is 4.98 Å². The molecule has 0 saturated carbocycles. The van der Waals surface area contributed by atoms with Crippen molar-refractivity contribution in [3.8, 4) is 27.4 Å². The number of phenols is 1. The molecule has 0 aliphatic rings. The highest BCUT2D eigenvalue weighted by Crippen LogP contribution is 2.44. The number of nitrogens with zero attached hydrogens (tertiary/aromatic N) is 1. The van der Waals surface area contributed by atoms with E-state index in [1.54, 1.807) is 17.4 Å². The molecule has 0 spiro atoms. The van der Waals surface area contributed by atoms with Gasteiger partial charge >= 0.3 is 0 Å². The standard InChI is InChI=1S/C32H29NOS2/c1-21-9-13-27(14-10-21)32-33-23(3)31(36-32)30(35-28-17-18-29(34)22(2)19-28)20-24-11-15-26(16-12-24)25-7-5-4-6-8-25/h4-19,30,34H,20H2,1-3H3. The molecule has 0 amide bonds. The Bertz CT molecular complexity index is 1460. The zero-order valence-corrected chi connectivity index (χ0v) is 22.4. The summed E-state index contributed by atoms with van der Waals surface area (Å²) in [7, 11) is 0. The van der Waals surface area contributed by atoms with Crippen LogP contribution in [-0.2, 0) is 6.42 Å². The fraction of sp³-hybridized carbons (Fsp3) is 0.156. The van der Waals surface area contributed by atoms with E-state index in [1.165, 1.54) is 27.1 Å². The van der Waals surface area contributed by atoms with Gasteiger partial charge < -0.3 is 5.11 Å². The quantitative estimate of drug-likeness (QED) is 0.223. The lowest BCUT2D eigenvalue weighted by Gasteiger charge is -2.17. The number of aromatic nitrogens is 1. The van der Waals surface area contributed by atoms with Crippen LogP contribution in [0, 0.1) is 20.8 Å². The summed E-state index contributed by atoms with van der Waals surface area (Å²) >= 11 is 3.64. The van der Waals surface area contributed by atoms with Gasteiger partial charge in [0.2, 0.25) is 0 Å². The van der Waals surface area contributed by atoms with Crippen molar-refractivity contribution >= 4 is 23.1 Å². The summed E-state index contributed by atoms with van der Waals surface area (Å²) in [5.41, 5.74) is 8.16. The first kappa shape index (κ1) is 24.4. The number of aryl methyl sites for hydroxylation is 3. The Morgan fingerprint density at radius 3 is 2.14 bits per heavy atom. The topological polar surface area (TPSA) is 33.1 Å². The molecule has 4 aromatic carbocycles. The second-order valence-corrected chi connectivity index (χ2v) is 11.5. The molecule has 36 heavy (non-hydrogen) atoms. The minimum absolute atomic E-state index is 0.216. The lowest BCUT2D eigenvalue weighted by atomic mass is 10.0. The van der Waals surface area contributed by atoms with Crippen LogP contribution in [0.25, 0.3) is 21.7 Å². The van der Waals surface area contributed by atoms with Crippen molar-refractivity contribution in [3.63, 3.8) is 0 Å². The van der Waals surface area contributed by atoms with E-state index in [0.29, 0.717) is 5.75 Å².